The lowest BCUT2D eigenvalue weighted by Crippen LogP contribution is -2.42. The van der Waals surface area contributed by atoms with Crippen molar-refractivity contribution in [3.63, 3.8) is 0 Å². The van der Waals surface area contributed by atoms with Crippen LogP contribution < -0.4 is 9.64 Å². The average molecular weight is 337 g/mol. The van der Waals surface area contributed by atoms with Gasteiger partial charge in [0.25, 0.3) is 5.91 Å². The smallest absolute Gasteiger partial charge is 0.264 e. The molecule has 1 aliphatic rings. The van der Waals surface area contributed by atoms with Crippen molar-refractivity contribution in [3.8, 4) is 5.75 Å². The fourth-order valence-corrected chi connectivity index (χ4v) is 3.19. The maximum Gasteiger partial charge on any atom is 0.264 e. The van der Waals surface area contributed by atoms with Crippen molar-refractivity contribution in [1.82, 2.24) is 0 Å². The molecule has 1 N–H and O–H groups in total. The highest BCUT2D eigenvalue weighted by Crippen LogP contribution is 2.43. The van der Waals surface area contributed by atoms with E-state index in [0.717, 1.165) is 0 Å². The van der Waals surface area contributed by atoms with Gasteiger partial charge < -0.3 is 14.7 Å². The quantitative estimate of drug-likeness (QED) is 0.650. The largest absolute Gasteiger partial charge is 0.496 e. The lowest BCUT2D eigenvalue weighted by molar-refractivity contribution is -0.135. The van der Waals surface area contributed by atoms with Gasteiger partial charge in [0.1, 0.15) is 5.75 Å². The molecule has 0 spiro atoms. The molecule has 1 atom stereocenters. The summed E-state index contributed by atoms with van der Waals surface area (Å²) in [5, 5.41) is 11.1. The number of hydrogen-bond donors (Lipinski definition) is 1. The molecule has 0 radical (unpaired) electrons. The Labute approximate surface area is 146 Å². The summed E-state index contributed by atoms with van der Waals surface area (Å²) in [6.45, 7) is 3.92. The topological polar surface area (TPSA) is 66.8 Å². The second-order valence-electron chi connectivity index (χ2n) is 5.88. The number of anilines is 1. The minimum Gasteiger partial charge on any atom is -0.496 e. The standard InChI is InChI=1S/C20H19NO4/c1-3-12-21-16-10-6-5-9-15(16)20(24,19(21)23)13-17(22)14-8-4-7-11-18(14)25-2/h3-11,24H,1,12-13H2,2H3. The molecule has 0 saturated heterocycles. The summed E-state index contributed by atoms with van der Waals surface area (Å²) in [4.78, 5) is 27.1. The number of fused-ring (bicyclic) bond motifs is 1. The van der Waals surface area contributed by atoms with Crippen molar-refractivity contribution in [2.75, 3.05) is 18.6 Å². The molecule has 2 aromatic rings. The molecule has 25 heavy (non-hydrogen) atoms. The zero-order chi connectivity index (χ0) is 18.0. The van der Waals surface area contributed by atoms with Crippen molar-refractivity contribution < 1.29 is 19.4 Å². The summed E-state index contributed by atoms with van der Waals surface area (Å²) in [6.07, 6.45) is 1.24. The predicted octanol–water partition coefficient (Wildman–Crippen LogP) is 2.69. The first kappa shape index (κ1) is 16.9. The Morgan fingerprint density at radius 2 is 1.92 bits per heavy atom. The van der Waals surface area contributed by atoms with Crippen molar-refractivity contribution in [3.05, 3.63) is 72.3 Å². The van der Waals surface area contributed by atoms with Crippen LogP contribution in [0.2, 0.25) is 0 Å². The van der Waals surface area contributed by atoms with Crippen LogP contribution in [0.15, 0.2) is 61.2 Å². The fraction of sp³-hybridized carbons (Fsp3) is 0.200. The highest BCUT2D eigenvalue weighted by atomic mass is 16.5. The third-order valence-corrected chi connectivity index (χ3v) is 4.37. The van der Waals surface area contributed by atoms with Crippen LogP contribution in [0.25, 0.3) is 0 Å². The van der Waals surface area contributed by atoms with Crippen LogP contribution >= 0.6 is 0 Å². The van der Waals surface area contributed by atoms with Gasteiger partial charge in [0.05, 0.1) is 24.8 Å². The Bertz CT molecular complexity index is 845. The number of amides is 1. The Morgan fingerprint density at radius 3 is 2.64 bits per heavy atom. The Kier molecular flexibility index (Phi) is 4.42. The predicted molar refractivity (Wildman–Crippen MR) is 94.8 cm³/mol. The van der Waals surface area contributed by atoms with Crippen LogP contribution in [0.3, 0.4) is 0 Å². The van der Waals surface area contributed by atoms with Crippen LogP contribution in [0.4, 0.5) is 5.69 Å². The van der Waals surface area contributed by atoms with Gasteiger partial charge >= 0.3 is 0 Å². The number of carbonyl (C=O) groups is 2. The molecule has 5 nitrogen and oxygen atoms in total. The number of nitrogens with zero attached hydrogens (tertiary/aromatic N) is 1. The van der Waals surface area contributed by atoms with Gasteiger partial charge in [-0.1, -0.05) is 36.4 Å². The second kappa shape index (κ2) is 6.53. The normalized spacial score (nSPS) is 18.8. The van der Waals surface area contributed by atoms with Gasteiger partial charge in [0.15, 0.2) is 11.4 Å². The Hall–Kier alpha value is -2.92. The number of para-hydroxylation sites is 2. The molecular weight excluding hydrogens is 318 g/mol. The number of benzene rings is 2. The summed E-state index contributed by atoms with van der Waals surface area (Å²) in [7, 11) is 1.47. The summed E-state index contributed by atoms with van der Waals surface area (Å²) < 4.78 is 5.21. The summed E-state index contributed by atoms with van der Waals surface area (Å²) in [5.41, 5.74) is -0.518. The van der Waals surface area contributed by atoms with Crippen molar-refractivity contribution in [1.29, 1.82) is 0 Å². The van der Waals surface area contributed by atoms with Crippen LogP contribution in [-0.2, 0) is 10.4 Å². The van der Waals surface area contributed by atoms with E-state index in [0.29, 0.717) is 22.6 Å². The Morgan fingerprint density at radius 1 is 1.24 bits per heavy atom. The zero-order valence-electron chi connectivity index (χ0n) is 13.9. The lowest BCUT2D eigenvalue weighted by atomic mass is 9.88. The average Bonchev–Trinajstić information content (AvgIpc) is 2.84. The van der Waals surface area contributed by atoms with E-state index in [-0.39, 0.29) is 18.7 Å². The van der Waals surface area contributed by atoms with Crippen LogP contribution in [0, 0.1) is 0 Å². The van der Waals surface area contributed by atoms with E-state index in [4.69, 9.17) is 4.74 Å². The number of carbonyl (C=O) groups excluding carboxylic acids is 2. The van der Waals surface area contributed by atoms with E-state index in [1.54, 1.807) is 54.6 Å². The molecule has 5 heteroatoms. The minimum atomic E-state index is -1.89. The van der Waals surface area contributed by atoms with Gasteiger partial charge in [-0.15, -0.1) is 6.58 Å². The molecule has 0 bridgehead atoms. The van der Waals surface area contributed by atoms with Gasteiger partial charge in [0, 0.05) is 12.1 Å². The maximum absolute atomic E-state index is 12.8. The van der Waals surface area contributed by atoms with E-state index in [1.807, 2.05) is 0 Å². The first-order chi connectivity index (χ1) is 12.0. The third kappa shape index (κ3) is 2.72. The molecule has 1 aliphatic heterocycles. The van der Waals surface area contributed by atoms with Gasteiger partial charge in [0.2, 0.25) is 0 Å². The molecule has 0 aromatic heterocycles. The van der Waals surface area contributed by atoms with E-state index in [9.17, 15) is 14.7 Å². The number of aliphatic hydroxyl groups is 1. The molecule has 1 heterocycles. The van der Waals surface area contributed by atoms with Gasteiger partial charge in [-0.2, -0.15) is 0 Å². The number of Topliss-reactive ketones (excluding diaryl/α,β-unsaturated/α-hetero) is 1. The molecule has 0 aliphatic carbocycles. The zero-order valence-corrected chi connectivity index (χ0v) is 13.9. The van der Waals surface area contributed by atoms with Gasteiger partial charge in [-0.25, -0.2) is 0 Å². The van der Waals surface area contributed by atoms with Gasteiger partial charge in [-0.3, -0.25) is 9.59 Å². The molecular formula is C20H19NO4. The molecule has 3 rings (SSSR count). The molecule has 128 valence electrons. The highest BCUT2D eigenvalue weighted by molar-refractivity contribution is 6.11. The molecule has 2 aromatic carbocycles. The molecule has 0 fully saturated rings. The second-order valence-corrected chi connectivity index (χ2v) is 5.88. The highest BCUT2D eigenvalue weighted by Gasteiger charge is 2.50. The van der Waals surface area contributed by atoms with E-state index < -0.39 is 11.5 Å². The number of ether oxygens (including phenoxy) is 1. The number of methoxy groups -OCH3 is 1. The summed E-state index contributed by atoms with van der Waals surface area (Å²) >= 11 is 0. The van der Waals surface area contributed by atoms with Crippen LogP contribution in [0.5, 0.6) is 5.75 Å². The van der Waals surface area contributed by atoms with E-state index in [2.05, 4.69) is 6.58 Å². The van der Waals surface area contributed by atoms with Gasteiger partial charge in [-0.05, 0) is 18.2 Å². The number of ketones is 1. The maximum atomic E-state index is 12.8. The van der Waals surface area contributed by atoms with Crippen molar-refractivity contribution >= 4 is 17.4 Å². The molecule has 1 amide bonds. The summed E-state index contributed by atoms with van der Waals surface area (Å²) in [6, 6.07) is 13.7. The summed E-state index contributed by atoms with van der Waals surface area (Å²) in [5.74, 6) is -0.460. The van der Waals surface area contributed by atoms with E-state index >= 15 is 0 Å². The monoisotopic (exact) mass is 337 g/mol. The third-order valence-electron chi connectivity index (χ3n) is 4.37. The van der Waals surface area contributed by atoms with Crippen molar-refractivity contribution in [2.45, 2.75) is 12.0 Å². The van der Waals surface area contributed by atoms with E-state index in [1.165, 1.54) is 12.0 Å². The first-order valence-corrected chi connectivity index (χ1v) is 7.94. The number of hydrogen-bond acceptors (Lipinski definition) is 4. The first-order valence-electron chi connectivity index (χ1n) is 7.94. The fourth-order valence-electron chi connectivity index (χ4n) is 3.19. The number of rotatable bonds is 6. The Balaban J connectivity index is 2.00. The minimum absolute atomic E-state index is 0.265. The van der Waals surface area contributed by atoms with Crippen molar-refractivity contribution in [2.24, 2.45) is 0 Å². The SMILES string of the molecule is C=CCN1C(=O)C(O)(CC(=O)c2ccccc2OC)c2ccccc21. The molecule has 0 saturated carbocycles. The van der Waals surface area contributed by atoms with Crippen LogP contribution in [-0.4, -0.2) is 30.5 Å². The lowest BCUT2D eigenvalue weighted by Gasteiger charge is -2.22. The molecule has 1 unspecified atom stereocenters. The van der Waals surface area contributed by atoms with Crippen LogP contribution in [0.1, 0.15) is 22.3 Å².